The molecule has 1 aliphatic rings. The number of Topliss-reactive ketones (excluding diaryl/α,β-unsaturated/α-hetero) is 1. The lowest BCUT2D eigenvalue weighted by Gasteiger charge is -2.29. The molecule has 2 rings (SSSR count). The molecule has 0 saturated carbocycles. The molecule has 1 unspecified atom stereocenters. The highest BCUT2D eigenvalue weighted by molar-refractivity contribution is 7.80. The lowest BCUT2D eigenvalue weighted by Crippen LogP contribution is -2.43. The van der Waals surface area contributed by atoms with E-state index in [4.69, 9.17) is 12.2 Å². The van der Waals surface area contributed by atoms with Crippen LogP contribution in [0.5, 0.6) is 0 Å². The molecule has 5 heteroatoms. The lowest BCUT2D eigenvalue weighted by molar-refractivity contribution is -0.140. The summed E-state index contributed by atoms with van der Waals surface area (Å²) < 4.78 is 0. The van der Waals surface area contributed by atoms with Crippen LogP contribution >= 0.6 is 12.2 Å². The smallest absolute Gasteiger partial charge is 0.326 e. The molecule has 4 nitrogen and oxygen atoms in total. The molecular weight excluding hydrogens is 298 g/mol. The Kier molecular flexibility index (Phi) is 5.66. The fourth-order valence-electron chi connectivity index (χ4n) is 3.01. The van der Waals surface area contributed by atoms with Gasteiger partial charge >= 0.3 is 5.97 Å². The van der Waals surface area contributed by atoms with Crippen molar-refractivity contribution in [2.45, 2.75) is 38.6 Å². The fourth-order valence-corrected chi connectivity index (χ4v) is 3.40. The van der Waals surface area contributed by atoms with Gasteiger partial charge in [-0.25, -0.2) is 4.79 Å². The summed E-state index contributed by atoms with van der Waals surface area (Å²) in [4.78, 5) is 25.4. The topological polar surface area (TPSA) is 57.6 Å². The third-order valence-corrected chi connectivity index (χ3v) is 4.60. The average molecular weight is 319 g/mol. The second kappa shape index (κ2) is 7.49. The van der Waals surface area contributed by atoms with Gasteiger partial charge in [-0.2, -0.15) is 0 Å². The molecule has 0 radical (unpaired) electrons. The zero-order chi connectivity index (χ0) is 16.1. The summed E-state index contributed by atoms with van der Waals surface area (Å²) in [5.74, 6) is -0.870. The van der Waals surface area contributed by atoms with Crippen LogP contribution in [0.2, 0.25) is 0 Å². The predicted octanol–water partition coefficient (Wildman–Crippen LogP) is 2.70. The summed E-state index contributed by atoms with van der Waals surface area (Å²) in [6.45, 7) is 2.22. The van der Waals surface area contributed by atoms with Gasteiger partial charge in [-0.15, -0.1) is 0 Å². The Labute approximate surface area is 136 Å². The van der Waals surface area contributed by atoms with Crippen molar-refractivity contribution >= 4 is 29.0 Å². The van der Waals surface area contributed by atoms with Crippen LogP contribution in [0.25, 0.3) is 0 Å². The zero-order valence-electron chi connectivity index (χ0n) is 12.7. The van der Waals surface area contributed by atoms with Crippen molar-refractivity contribution < 1.29 is 14.7 Å². The first-order valence-electron chi connectivity index (χ1n) is 7.55. The summed E-state index contributed by atoms with van der Waals surface area (Å²) in [5.41, 5.74) is 1.11. The van der Waals surface area contributed by atoms with Crippen molar-refractivity contribution in [1.82, 2.24) is 4.90 Å². The number of carbonyl (C=O) groups excluding carboxylic acids is 1. The number of nitrogens with zero attached hydrogens (tertiary/aromatic N) is 1. The van der Waals surface area contributed by atoms with Gasteiger partial charge in [0.2, 0.25) is 0 Å². The van der Waals surface area contributed by atoms with E-state index in [9.17, 15) is 14.7 Å². The van der Waals surface area contributed by atoms with Crippen LogP contribution in [-0.4, -0.2) is 39.3 Å². The standard InChI is InChI=1S/C17H21NO3S/c1-12(19)10-14(11-13-6-3-2-4-7-13)16(22)18-9-5-8-15(18)17(20)21/h2-4,6-7,14-15H,5,8-11H2,1H3,(H,20,21)/t14?,15-/m0/s1. The molecular formula is C17H21NO3S. The summed E-state index contributed by atoms with van der Waals surface area (Å²) in [7, 11) is 0. The van der Waals surface area contributed by atoms with Crippen LogP contribution in [-0.2, 0) is 16.0 Å². The summed E-state index contributed by atoms with van der Waals surface area (Å²) in [5, 5.41) is 9.32. The molecule has 1 N–H and O–H groups in total. The number of carboxylic acids is 1. The number of benzene rings is 1. The van der Waals surface area contributed by atoms with E-state index in [1.807, 2.05) is 30.3 Å². The number of ketones is 1. The van der Waals surface area contributed by atoms with E-state index in [1.54, 1.807) is 11.8 Å². The molecule has 0 bridgehead atoms. The van der Waals surface area contributed by atoms with Gasteiger partial charge in [0.1, 0.15) is 11.8 Å². The van der Waals surface area contributed by atoms with E-state index in [1.165, 1.54) is 0 Å². The summed E-state index contributed by atoms with van der Waals surface area (Å²) >= 11 is 5.56. The molecule has 0 spiro atoms. The van der Waals surface area contributed by atoms with E-state index in [0.717, 1.165) is 12.0 Å². The van der Waals surface area contributed by atoms with Crippen molar-refractivity contribution in [2.24, 2.45) is 5.92 Å². The first-order valence-corrected chi connectivity index (χ1v) is 7.96. The monoisotopic (exact) mass is 319 g/mol. The predicted molar refractivity (Wildman–Crippen MR) is 88.9 cm³/mol. The molecule has 0 amide bonds. The molecule has 0 aromatic heterocycles. The van der Waals surface area contributed by atoms with Crippen LogP contribution in [0.15, 0.2) is 30.3 Å². The number of carboxylic acid groups (broad SMARTS) is 1. The van der Waals surface area contributed by atoms with Gasteiger partial charge in [-0.3, -0.25) is 0 Å². The van der Waals surface area contributed by atoms with Gasteiger partial charge in [0, 0.05) is 18.9 Å². The van der Waals surface area contributed by atoms with E-state index in [0.29, 0.717) is 30.8 Å². The molecule has 2 atom stereocenters. The van der Waals surface area contributed by atoms with Crippen molar-refractivity contribution in [1.29, 1.82) is 0 Å². The minimum Gasteiger partial charge on any atom is -0.480 e. The van der Waals surface area contributed by atoms with E-state index in [2.05, 4.69) is 0 Å². The van der Waals surface area contributed by atoms with E-state index >= 15 is 0 Å². The quantitative estimate of drug-likeness (QED) is 0.817. The van der Waals surface area contributed by atoms with Crippen molar-refractivity contribution in [3.05, 3.63) is 35.9 Å². The first-order chi connectivity index (χ1) is 10.5. The molecule has 1 aliphatic heterocycles. The highest BCUT2D eigenvalue weighted by Crippen LogP contribution is 2.24. The largest absolute Gasteiger partial charge is 0.480 e. The van der Waals surface area contributed by atoms with Crippen LogP contribution in [0.3, 0.4) is 0 Å². The Morgan fingerprint density at radius 3 is 2.64 bits per heavy atom. The number of rotatable bonds is 6. The summed E-state index contributed by atoms with van der Waals surface area (Å²) in [6.07, 6.45) is 2.47. The SMILES string of the molecule is CC(=O)CC(Cc1ccccc1)C(=S)N1CCC[C@H]1C(=O)O. The molecule has 1 aromatic carbocycles. The highest BCUT2D eigenvalue weighted by atomic mass is 32.1. The van der Waals surface area contributed by atoms with Crippen molar-refractivity contribution in [3.8, 4) is 0 Å². The van der Waals surface area contributed by atoms with Gasteiger partial charge in [-0.05, 0) is 31.7 Å². The van der Waals surface area contributed by atoms with Crippen LogP contribution < -0.4 is 0 Å². The number of carbonyl (C=O) groups is 2. The van der Waals surface area contributed by atoms with E-state index in [-0.39, 0.29) is 11.7 Å². The Hall–Kier alpha value is -1.75. The lowest BCUT2D eigenvalue weighted by atomic mass is 9.93. The van der Waals surface area contributed by atoms with Crippen molar-refractivity contribution in [3.63, 3.8) is 0 Å². The summed E-state index contributed by atoms with van der Waals surface area (Å²) in [6, 6.07) is 9.33. The minimum atomic E-state index is -0.832. The Morgan fingerprint density at radius 2 is 2.05 bits per heavy atom. The Bertz CT molecular complexity index is 558. The first kappa shape index (κ1) is 16.6. The Morgan fingerprint density at radius 1 is 1.36 bits per heavy atom. The van der Waals surface area contributed by atoms with Crippen LogP contribution in [0.4, 0.5) is 0 Å². The van der Waals surface area contributed by atoms with Crippen LogP contribution in [0.1, 0.15) is 31.7 Å². The maximum atomic E-state index is 11.6. The van der Waals surface area contributed by atoms with Gasteiger partial charge in [0.15, 0.2) is 0 Å². The normalized spacial score (nSPS) is 19.0. The fraction of sp³-hybridized carbons (Fsp3) is 0.471. The van der Waals surface area contributed by atoms with Gasteiger partial charge in [-0.1, -0.05) is 42.5 Å². The van der Waals surface area contributed by atoms with Crippen LogP contribution in [0, 0.1) is 5.92 Å². The molecule has 1 fully saturated rings. The second-order valence-electron chi connectivity index (χ2n) is 5.82. The number of hydrogen-bond acceptors (Lipinski definition) is 3. The third kappa shape index (κ3) is 4.13. The van der Waals surface area contributed by atoms with Gasteiger partial charge in [0.25, 0.3) is 0 Å². The molecule has 1 aromatic rings. The third-order valence-electron chi connectivity index (χ3n) is 4.03. The maximum absolute atomic E-state index is 11.6. The number of hydrogen-bond donors (Lipinski definition) is 1. The van der Waals surface area contributed by atoms with Gasteiger partial charge in [0.05, 0.1) is 4.99 Å². The highest BCUT2D eigenvalue weighted by Gasteiger charge is 2.34. The molecule has 1 heterocycles. The molecule has 22 heavy (non-hydrogen) atoms. The molecule has 1 saturated heterocycles. The maximum Gasteiger partial charge on any atom is 0.326 e. The average Bonchev–Trinajstić information content (AvgIpc) is 2.96. The minimum absolute atomic E-state index is 0.0781. The van der Waals surface area contributed by atoms with Crippen molar-refractivity contribution in [2.75, 3.05) is 6.54 Å². The molecule has 0 aliphatic carbocycles. The van der Waals surface area contributed by atoms with E-state index < -0.39 is 12.0 Å². The zero-order valence-corrected chi connectivity index (χ0v) is 13.5. The number of likely N-dealkylation sites (tertiary alicyclic amines) is 1. The second-order valence-corrected chi connectivity index (χ2v) is 6.24. The van der Waals surface area contributed by atoms with Gasteiger partial charge < -0.3 is 14.8 Å². The number of aliphatic carboxylic acids is 1. The molecule has 118 valence electrons. The Balaban J connectivity index is 2.15. The number of thiocarbonyl (C=S) groups is 1.